The zero-order valence-electron chi connectivity index (χ0n) is 9.06. The first kappa shape index (κ1) is 12.1. The van der Waals surface area contributed by atoms with Crippen molar-refractivity contribution >= 4 is 10.0 Å². The third-order valence-electron chi connectivity index (χ3n) is 1.84. The number of nitrogens with zero attached hydrogens (tertiary/aromatic N) is 2. The highest BCUT2D eigenvalue weighted by molar-refractivity contribution is 7.89. The fourth-order valence-electron chi connectivity index (χ4n) is 1.13. The topological polar surface area (TPSA) is 62.3 Å². The van der Waals surface area contributed by atoms with Gasteiger partial charge < -0.3 is 4.90 Å². The highest BCUT2D eigenvalue weighted by atomic mass is 32.2. The summed E-state index contributed by atoms with van der Waals surface area (Å²) in [6.45, 7) is 0.743. The molecular formula is C9H15N3O2S. The quantitative estimate of drug-likeness (QED) is 0.792. The van der Waals surface area contributed by atoms with E-state index in [-0.39, 0.29) is 5.03 Å². The van der Waals surface area contributed by atoms with E-state index in [9.17, 15) is 8.42 Å². The Kier molecular flexibility index (Phi) is 3.78. The Hall–Kier alpha value is -0.980. The van der Waals surface area contributed by atoms with E-state index in [1.807, 2.05) is 19.0 Å². The molecule has 0 aliphatic carbocycles. The molecule has 6 heteroatoms. The van der Waals surface area contributed by atoms with Crippen LogP contribution in [0.15, 0.2) is 23.4 Å². The molecule has 1 rings (SSSR count). The molecule has 0 unspecified atom stereocenters. The van der Waals surface area contributed by atoms with Crippen molar-refractivity contribution in [2.45, 2.75) is 11.6 Å². The SMILES string of the molecule is CNS(=O)(=O)c1ccc(CN(C)C)cn1. The van der Waals surface area contributed by atoms with Gasteiger partial charge in [0.15, 0.2) is 5.03 Å². The largest absolute Gasteiger partial charge is 0.305 e. The van der Waals surface area contributed by atoms with Crippen LogP contribution in [0.2, 0.25) is 0 Å². The molecule has 0 fully saturated rings. The molecule has 1 aromatic heterocycles. The van der Waals surface area contributed by atoms with Gasteiger partial charge in [-0.25, -0.2) is 18.1 Å². The molecule has 0 radical (unpaired) electrons. The fraction of sp³-hybridized carbons (Fsp3) is 0.444. The van der Waals surface area contributed by atoms with Crippen molar-refractivity contribution in [3.63, 3.8) is 0 Å². The van der Waals surface area contributed by atoms with Crippen molar-refractivity contribution in [2.24, 2.45) is 0 Å². The average Bonchev–Trinajstić information content (AvgIpc) is 2.18. The second-order valence-electron chi connectivity index (χ2n) is 3.45. The van der Waals surface area contributed by atoms with Gasteiger partial charge in [0.25, 0.3) is 10.0 Å². The first-order chi connectivity index (χ1) is 6.95. The van der Waals surface area contributed by atoms with Gasteiger partial charge in [-0.2, -0.15) is 0 Å². The van der Waals surface area contributed by atoms with Gasteiger partial charge in [-0.15, -0.1) is 0 Å². The lowest BCUT2D eigenvalue weighted by Gasteiger charge is -2.09. The number of sulfonamides is 1. The second kappa shape index (κ2) is 4.69. The molecule has 0 amide bonds. The molecule has 0 saturated heterocycles. The third-order valence-corrected chi connectivity index (χ3v) is 3.17. The minimum absolute atomic E-state index is 0.0486. The van der Waals surface area contributed by atoms with Gasteiger partial charge in [-0.1, -0.05) is 6.07 Å². The zero-order valence-corrected chi connectivity index (χ0v) is 9.87. The number of nitrogens with one attached hydrogen (secondary N) is 1. The Morgan fingerprint density at radius 3 is 2.47 bits per heavy atom. The van der Waals surface area contributed by atoms with Crippen LogP contribution >= 0.6 is 0 Å². The van der Waals surface area contributed by atoms with Crippen LogP contribution in [0.1, 0.15) is 5.56 Å². The second-order valence-corrected chi connectivity index (χ2v) is 5.28. The predicted molar refractivity (Wildman–Crippen MR) is 57.9 cm³/mol. The summed E-state index contributed by atoms with van der Waals surface area (Å²) in [5.41, 5.74) is 0.982. The van der Waals surface area contributed by atoms with Crippen LogP contribution in [0.3, 0.4) is 0 Å². The Balaban J connectivity index is 2.91. The van der Waals surface area contributed by atoms with Crippen LogP contribution in [0.5, 0.6) is 0 Å². The molecule has 15 heavy (non-hydrogen) atoms. The monoisotopic (exact) mass is 229 g/mol. The van der Waals surface area contributed by atoms with Crippen molar-refractivity contribution < 1.29 is 8.42 Å². The van der Waals surface area contributed by atoms with Crippen molar-refractivity contribution in [3.8, 4) is 0 Å². The summed E-state index contributed by atoms with van der Waals surface area (Å²) in [6, 6.07) is 3.27. The molecule has 84 valence electrons. The van der Waals surface area contributed by atoms with Crippen LogP contribution in [0.25, 0.3) is 0 Å². The number of hydrogen-bond donors (Lipinski definition) is 1. The summed E-state index contributed by atoms with van der Waals surface area (Å²) in [5, 5.41) is 0.0486. The molecule has 0 aliphatic heterocycles. The van der Waals surface area contributed by atoms with Crippen LogP contribution < -0.4 is 4.72 Å². The van der Waals surface area contributed by atoms with E-state index >= 15 is 0 Å². The van der Waals surface area contributed by atoms with Gasteiger partial charge in [0.2, 0.25) is 0 Å². The maximum Gasteiger partial charge on any atom is 0.257 e. The van der Waals surface area contributed by atoms with Gasteiger partial charge in [0, 0.05) is 12.7 Å². The van der Waals surface area contributed by atoms with Crippen molar-refractivity contribution in [1.82, 2.24) is 14.6 Å². The van der Waals surface area contributed by atoms with Gasteiger partial charge in [0.05, 0.1) is 0 Å². The molecule has 0 atom stereocenters. The van der Waals surface area contributed by atoms with Crippen LogP contribution in [-0.4, -0.2) is 39.4 Å². The van der Waals surface area contributed by atoms with Gasteiger partial charge in [-0.3, -0.25) is 0 Å². The van der Waals surface area contributed by atoms with Gasteiger partial charge in [0.1, 0.15) is 0 Å². The summed E-state index contributed by atoms with van der Waals surface area (Å²) in [7, 11) is 1.83. The normalized spacial score (nSPS) is 12.0. The molecule has 1 heterocycles. The lowest BCUT2D eigenvalue weighted by molar-refractivity contribution is 0.401. The van der Waals surface area contributed by atoms with Crippen molar-refractivity contribution in [1.29, 1.82) is 0 Å². The summed E-state index contributed by atoms with van der Waals surface area (Å²) in [5.74, 6) is 0. The van der Waals surface area contributed by atoms with E-state index in [0.29, 0.717) is 0 Å². The molecule has 0 saturated carbocycles. The first-order valence-electron chi connectivity index (χ1n) is 4.49. The Morgan fingerprint density at radius 1 is 1.40 bits per heavy atom. The molecular weight excluding hydrogens is 214 g/mol. The van der Waals surface area contributed by atoms with Gasteiger partial charge in [-0.05, 0) is 32.8 Å². The van der Waals surface area contributed by atoms with Crippen LogP contribution in [-0.2, 0) is 16.6 Å². The third kappa shape index (κ3) is 3.26. The first-order valence-corrected chi connectivity index (χ1v) is 5.97. The van der Waals surface area contributed by atoms with Crippen molar-refractivity contribution in [2.75, 3.05) is 21.1 Å². The minimum atomic E-state index is -3.42. The lowest BCUT2D eigenvalue weighted by atomic mass is 10.3. The standard InChI is InChI=1S/C9H15N3O2S/c1-10-15(13,14)9-5-4-8(6-11-9)7-12(2)3/h4-6,10H,7H2,1-3H3. The number of pyridine rings is 1. The molecule has 0 aromatic carbocycles. The van der Waals surface area contributed by atoms with Gasteiger partial charge >= 0.3 is 0 Å². The fourth-order valence-corrected chi connectivity index (χ4v) is 1.78. The molecule has 5 nitrogen and oxygen atoms in total. The molecule has 0 spiro atoms. The summed E-state index contributed by atoms with van der Waals surface area (Å²) < 4.78 is 24.9. The Labute approximate surface area is 90.2 Å². The Morgan fingerprint density at radius 2 is 2.07 bits per heavy atom. The summed E-state index contributed by atoms with van der Waals surface area (Å²) >= 11 is 0. The number of rotatable bonds is 4. The summed E-state index contributed by atoms with van der Waals surface area (Å²) in [6.07, 6.45) is 1.57. The highest BCUT2D eigenvalue weighted by Gasteiger charge is 2.12. The minimum Gasteiger partial charge on any atom is -0.305 e. The molecule has 1 aromatic rings. The summed E-state index contributed by atoms with van der Waals surface area (Å²) in [4.78, 5) is 5.89. The van der Waals surface area contributed by atoms with E-state index in [0.717, 1.165) is 12.1 Å². The molecule has 0 bridgehead atoms. The maximum absolute atomic E-state index is 11.4. The van der Waals surface area contributed by atoms with Crippen LogP contribution in [0, 0.1) is 0 Å². The van der Waals surface area contributed by atoms with Crippen LogP contribution in [0.4, 0.5) is 0 Å². The predicted octanol–water partition coefficient (Wildman–Crippen LogP) is 0.0513. The molecule has 1 N–H and O–H groups in total. The molecule has 0 aliphatic rings. The smallest absolute Gasteiger partial charge is 0.257 e. The Bertz CT molecular complexity index is 411. The van der Waals surface area contributed by atoms with E-state index in [1.165, 1.54) is 13.1 Å². The maximum atomic E-state index is 11.4. The number of aromatic nitrogens is 1. The highest BCUT2D eigenvalue weighted by Crippen LogP contribution is 2.06. The average molecular weight is 229 g/mol. The van der Waals surface area contributed by atoms with Crippen molar-refractivity contribution in [3.05, 3.63) is 23.9 Å². The van der Waals surface area contributed by atoms with E-state index < -0.39 is 10.0 Å². The van der Waals surface area contributed by atoms with E-state index in [2.05, 4.69) is 9.71 Å². The zero-order chi connectivity index (χ0) is 11.5. The van der Waals surface area contributed by atoms with E-state index in [1.54, 1.807) is 12.3 Å². The van der Waals surface area contributed by atoms with E-state index in [4.69, 9.17) is 0 Å². The lowest BCUT2D eigenvalue weighted by Crippen LogP contribution is -2.20. The number of hydrogen-bond acceptors (Lipinski definition) is 4.